The summed E-state index contributed by atoms with van der Waals surface area (Å²) in [4.78, 5) is 29.1. The number of carbonyl (C=O) groups is 2. The van der Waals surface area contributed by atoms with Crippen LogP contribution in [-0.2, 0) is 14.8 Å². The SMILES string of the molecule is Cc1ccc(S(=O)(=O)Nc2ccc(C(=O)O[C@@H]3CCC[C@H]3NC(=O)c3ccncc3)c(O)c2)cc1. The molecule has 0 radical (unpaired) electrons. The number of carbonyl (C=O) groups excluding carboxylic acids is 2. The molecule has 4 rings (SSSR count). The third-order valence-electron chi connectivity index (χ3n) is 5.77. The number of hydrogen-bond donors (Lipinski definition) is 3. The molecule has 1 aromatic heterocycles. The number of aromatic nitrogens is 1. The Labute approximate surface area is 203 Å². The molecule has 3 aromatic rings. The molecule has 0 aliphatic heterocycles. The predicted octanol–water partition coefficient (Wildman–Crippen LogP) is 3.40. The second-order valence-electron chi connectivity index (χ2n) is 8.34. The van der Waals surface area contributed by atoms with Gasteiger partial charge in [0, 0.05) is 24.0 Å². The van der Waals surface area contributed by atoms with Crippen LogP contribution >= 0.6 is 0 Å². The lowest BCUT2D eigenvalue weighted by Gasteiger charge is -2.21. The maximum absolute atomic E-state index is 12.7. The number of ether oxygens (including phenoxy) is 1. The number of aromatic hydroxyl groups is 1. The van der Waals surface area contributed by atoms with Gasteiger partial charge >= 0.3 is 5.97 Å². The Hall–Kier alpha value is -3.92. The zero-order valence-corrected chi connectivity index (χ0v) is 19.8. The smallest absolute Gasteiger partial charge is 0.342 e. The molecule has 1 aliphatic rings. The molecular weight excluding hydrogens is 470 g/mol. The molecule has 1 heterocycles. The van der Waals surface area contributed by atoms with Gasteiger partial charge in [-0.05, 0) is 62.6 Å². The number of nitrogens with zero attached hydrogens (tertiary/aromatic N) is 1. The number of pyridine rings is 1. The van der Waals surface area contributed by atoms with E-state index >= 15 is 0 Å². The zero-order valence-electron chi connectivity index (χ0n) is 19.0. The first-order chi connectivity index (χ1) is 16.7. The van der Waals surface area contributed by atoms with Crippen LogP contribution in [0, 0.1) is 6.92 Å². The Balaban J connectivity index is 1.41. The number of benzene rings is 2. The highest BCUT2D eigenvalue weighted by Gasteiger charge is 2.32. The number of sulfonamides is 1. The van der Waals surface area contributed by atoms with Gasteiger partial charge in [0.1, 0.15) is 17.4 Å². The molecule has 0 spiro atoms. The maximum atomic E-state index is 12.7. The summed E-state index contributed by atoms with van der Waals surface area (Å²) in [5.41, 5.74) is 1.38. The minimum Gasteiger partial charge on any atom is -0.507 e. The topological polar surface area (TPSA) is 135 Å². The molecule has 9 nitrogen and oxygen atoms in total. The molecule has 0 bridgehead atoms. The number of hydrogen-bond acceptors (Lipinski definition) is 7. The number of rotatable bonds is 7. The van der Waals surface area contributed by atoms with Crippen LogP contribution in [0.25, 0.3) is 0 Å². The van der Waals surface area contributed by atoms with Gasteiger partial charge in [0.25, 0.3) is 15.9 Å². The second-order valence-corrected chi connectivity index (χ2v) is 10.0. The van der Waals surface area contributed by atoms with E-state index in [-0.39, 0.29) is 28.1 Å². The monoisotopic (exact) mass is 495 g/mol. The van der Waals surface area contributed by atoms with Crippen LogP contribution in [-0.4, -0.2) is 42.5 Å². The van der Waals surface area contributed by atoms with Crippen molar-refractivity contribution < 1.29 is 27.9 Å². The molecule has 0 saturated heterocycles. The number of phenolic OH excluding ortho intramolecular Hbond substituents is 1. The fourth-order valence-corrected chi connectivity index (χ4v) is 4.94. The summed E-state index contributed by atoms with van der Waals surface area (Å²) < 4.78 is 33.1. The second kappa shape index (κ2) is 10.1. The van der Waals surface area contributed by atoms with Crippen LogP contribution < -0.4 is 10.0 Å². The Kier molecular flexibility index (Phi) is 7.02. The normalized spacial score (nSPS) is 17.5. The average molecular weight is 496 g/mol. The Morgan fingerprint density at radius 1 is 1.03 bits per heavy atom. The first kappa shape index (κ1) is 24.2. The molecule has 3 N–H and O–H groups in total. The van der Waals surface area contributed by atoms with E-state index in [4.69, 9.17) is 4.74 Å². The number of amides is 1. The quantitative estimate of drug-likeness (QED) is 0.428. The highest BCUT2D eigenvalue weighted by molar-refractivity contribution is 7.92. The van der Waals surface area contributed by atoms with Gasteiger partial charge < -0.3 is 15.2 Å². The lowest BCUT2D eigenvalue weighted by atomic mass is 10.1. The third-order valence-corrected chi connectivity index (χ3v) is 7.17. The molecule has 1 saturated carbocycles. The Morgan fingerprint density at radius 3 is 2.43 bits per heavy atom. The minimum atomic E-state index is -3.86. The molecule has 1 fully saturated rings. The standard InChI is InChI=1S/C25H25N3O6S/c1-16-5-8-19(9-6-16)35(32,33)28-18-7-10-20(22(29)15-18)25(31)34-23-4-2-3-21(23)27-24(30)17-11-13-26-14-12-17/h5-15,21,23,28-29H,2-4H2,1H3,(H,27,30)/t21-,23-/m1/s1. The summed E-state index contributed by atoms with van der Waals surface area (Å²) in [7, 11) is -3.86. The summed E-state index contributed by atoms with van der Waals surface area (Å²) in [5, 5.41) is 13.3. The number of aryl methyl sites for hydroxylation is 1. The summed E-state index contributed by atoms with van der Waals surface area (Å²) in [6.07, 6.45) is 4.49. The highest BCUT2D eigenvalue weighted by Crippen LogP contribution is 2.28. The third kappa shape index (κ3) is 5.78. The Morgan fingerprint density at radius 2 is 1.74 bits per heavy atom. The van der Waals surface area contributed by atoms with Gasteiger partial charge in [-0.1, -0.05) is 17.7 Å². The van der Waals surface area contributed by atoms with E-state index in [1.54, 1.807) is 24.3 Å². The van der Waals surface area contributed by atoms with Crippen molar-refractivity contribution in [3.63, 3.8) is 0 Å². The van der Waals surface area contributed by atoms with E-state index in [0.29, 0.717) is 18.4 Å². The van der Waals surface area contributed by atoms with E-state index in [0.717, 1.165) is 18.1 Å². The number of anilines is 1. The van der Waals surface area contributed by atoms with E-state index in [9.17, 15) is 23.1 Å². The molecule has 1 amide bonds. The first-order valence-electron chi connectivity index (χ1n) is 11.1. The average Bonchev–Trinajstić information content (AvgIpc) is 3.26. The molecule has 2 aromatic carbocycles. The number of phenols is 1. The lowest BCUT2D eigenvalue weighted by Crippen LogP contribution is -2.42. The molecule has 10 heteroatoms. The predicted molar refractivity (Wildman–Crippen MR) is 129 cm³/mol. The van der Waals surface area contributed by atoms with Crippen LogP contribution in [0.4, 0.5) is 5.69 Å². The largest absolute Gasteiger partial charge is 0.507 e. The molecule has 0 unspecified atom stereocenters. The summed E-state index contributed by atoms with van der Waals surface area (Å²) in [5.74, 6) is -1.46. The Bertz CT molecular complexity index is 1330. The molecule has 182 valence electrons. The van der Waals surface area contributed by atoms with E-state index in [2.05, 4.69) is 15.0 Å². The number of esters is 1. The van der Waals surface area contributed by atoms with Crippen molar-refractivity contribution in [1.82, 2.24) is 10.3 Å². The van der Waals surface area contributed by atoms with Crippen molar-refractivity contribution >= 4 is 27.6 Å². The van der Waals surface area contributed by atoms with Gasteiger partial charge in [0.2, 0.25) is 0 Å². The van der Waals surface area contributed by atoms with Crippen LogP contribution in [0.3, 0.4) is 0 Å². The van der Waals surface area contributed by atoms with Crippen molar-refractivity contribution in [1.29, 1.82) is 0 Å². The van der Waals surface area contributed by atoms with Gasteiger partial charge in [-0.3, -0.25) is 14.5 Å². The molecule has 1 aliphatic carbocycles. The number of nitrogens with one attached hydrogen (secondary N) is 2. The van der Waals surface area contributed by atoms with Crippen molar-refractivity contribution in [3.05, 3.63) is 83.7 Å². The van der Waals surface area contributed by atoms with E-state index < -0.39 is 27.8 Å². The van der Waals surface area contributed by atoms with Gasteiger partial charge in [0.05, 0.1) is 16.6 Å². The van der Waals surface area contributed by atoms with Gasteiger partial charge in [0.15, 0.2) is 0 Å². The summed E-state index contributed by atoms with van der Waals surface area (Å²) >= 11 is 0. The minimum absolute atomic E-state index is 0.0761. The fourth-order valence-electron chi connectivity index (χ4n) is 3.89. The lowest BCUT2D eigenvalue weighted by molar-refractivity contribution is 0.0247. The highest BCUT2D eigenvalue weighted by atomic mass is 32.2. The van der Waals surface area contributed by atoms with Gasteiger partial charge in [-0.15, -0.1) is 0 Å². The van der Waals surface area contributed by atoms with Crippen LogP contribution in [0.15, 0.2) is 71.9 Å². The maximum Gasteiger partial charge on any atom is 0.342 e. The van der Waals surface area contributed by atoms with Crippen molar-refractivity contribution in [2.45, 2.75) is 43.2 Å². The van der Waals surface area contributed by atoms with Crippen LogP contribution in [0.2, 0.25) is 0 Å². The fraction of sp³-hybridized carbons (Fsp3) is 0.240. The van der Waals surface area contributed by atoms with Crippen molar-refractivity contribution in [2.75, 3.05) is 4.72 Å². The van der Waals surface area contributed by atoms with Crippen LogP contribution in [0.5, 0.6) is 5.75 Å². The van der Waals surface area contributed by atoms with Crippen LogP contribution in [0.1, 0.15) is 45.5 Å². The van der Waals surface area contributed by atoms with Gasteiger partial charge in [-0.2, -0.15) is 0 Å². The van der Waals surface area contributed by atoms with Crippen molar-refractivity contribution in [2.24, 2.45) is 0 Å². The van der Waals surface area contributed by atoms with E-state index in [1.165, 1.54) is 36.7 Å². The zero-order chi connectivity index (χ0) is 25.0. The first-order valence-corrected chi connectivity index (χ1v) is 12.6. The van der Waals surface area contributed by atoms with Gasteiger partial charge in [-0.25, -0.2) is 13.2 Å². The van der Waals surface area contributed by atoms with Crippen molar-refractivity contribution in [3.8, 4) is 5.75 Å². The molecule has 35 heavy (non-hydrogen) atoms. The summed E-state index contributed by atoms with van der Waals surface area (Å²) in [6.45, 7) is 1.85. The molecule has 2 atom stereocenters. The summed E-state index contributed by atoms with van der Waals surface area (Å²) in [6, 6.07) is 13.0. The molecular formula is C25H25N3O6S. The van der Waals surface area contributed by atoms with E-state index in [1.807, 2.05) is 6.92 Å².